The van der Waals surface area contributed by atoms with Crippen molar-refractivity contribution in [2.45, 2.75) is 33.0 Å². The summed E-state index contributed by atoms with van der Waals surface area (Å²) in [5.41, 5.74) is 1.28. The molecular formula is C19H22F3N5O. The SMILES string of the molecule is CC(C)CCn1c(-c2cc(-c3ccccc3)on2)nnc1N(C)CC(F)(F)F. The van der Waals surface area contributed by atoms with Crippen molar-refractivity contribution < 1.29 is 17.7 Å². The Balaban J connectivity index is 1.95. The lowest BCUT2D eigenvalue weighted by molar-refractivity contribution is -0.119. The highest BCUT2D eigenvalue weighted by atomic mass is 19.4. The molecule has 0 saturated carbocycles. The molecule has 6 nitrogen and oxygen atoms in total. The number of benzene rings is 1. The third kappa shape index (κ3) is 4.71. The molecule has 2 aromatic heterocycles. The van der Waals surface area contributed by atoms with E-state index < -0.39 is 12.7 Å². The van der Waals surface area contributed by atoms with Crippen LogP contribution in [-0.4, -0.2) is 39.7 Å². The third-order valence-electron chi connectivity index (χ3n) is 4.22. The van der Waals surface area contributed by atoms with Crippen LogP contribution in [0.1, 0.15) is 20.3 Å². The Morgan fingerprint density at radius 1 is 1.14 bits per heavy atom. The first-order valence-corrected chi connectivity index (χ1v) is 8.98. The van der Waals surface area contributed by atoms with Gasteiger partial charge in [-0.05, 0) is 12.3 Å². The molecule has 0 fully saturated rings. The van der Waals surface area contributed by atoms with E-state index in [2.05, 4.69) is 15.4 Å². The van der Waals surface area contributed by atoms with E-state index in [1.165, 1.54) is 7.05 Å². The Bertz CT molecular complexity index is 902. The highest BCUT2D eigenvalue weighted by molar-refractivity contribution is 5.63. The van der Waals surface area contributed by atoms with E-state index in [0.717, 1.165) is 16.9 Å². The van der Waals surface area contributed by atoms with E-state index in [-0.39, 0.29) is 5.95 Å². The van der Waals surface area contributed by atoms with Gasteiger partial charge < -0.3 is 9.42 Å². The molecule has 0 unspecified atom stereocenters. The zero-order valence-electron chi connectivity index (χ0n) is 15.9. The summed E-state index contributed by atoms with van der Waals surface area (Å²) >= 11 is 0. The molecule has 0 bridgehead atoms. The largest absolute Gasteiger partial charge is 0.406 e. The number of hydrogen-bond acceptors (Lipinski definition) is 5. The first-order chi connectivity index (χ1) is 13.2. The van der Waals surface area contributed by atoms with Crippen LogP contribution in [0.5, 0.6) is 0 Å². The van der Waals surface area contributed by atoms with E-state index in [9.17, 15) is 13.2 Å². The van der Waals surface area contributed by atoms with Gasteiger partial charge in [0.25, 0.3) is 0 Å². The number of alkyl halides is 3. The second kappa shape index (κ2) is 8.04. The van der Waals surface area contributed by atoms with Crippen LogP contribution in [0.25, 0.3) is 22.8 Å². The number of rotatable bonds is 7. The second-order valence-electron chi connectivity index (χ2n) is 7.07. The number of nitrogens with zero attached hydrogens (tertiary/aromatic N) is 5. The molecule has 0 aliphatic rings. The van der Waals surface area contributed by atoms with Crippen molar-refractivity contribution in [3.8, 4) is 22.8 Å². The summed E-state index contributed by atoms with van der Waals surface area (Å²) in [5.74, 6) is 1.46. The molecule has 2 heterocycles. The van der Waals surface area contributed by atoms with Gasteiger partial charge in [-0.2, -0.15) is 13.2 Å². The van der Waals surface area contributed by atoms with Gasteiger partial charge in [0.1, 0.15) is 6.54 Å². The fourth-order valence-corrected chi connectivity index (χ4v) is 2.82. The van der Waals surface area contributed by atoms with Crippen molar-refractivity contribution in [1.82, 2.24) is 19.9 Å². The van der Waals surface area contributed by atoms with Crippen LogP contribution in [0, 0.1) is 5.92 Å². The summed E-state index contributed by atoms with van der Waals surface area (Å²) in [6, 6.07) is 11.2. The van der Waals surface area contributed by atoms with E-state index in [0.29, 0.717) is 29.7 Å². The summed E-state index contributed by atoms with van der Waals surface area (Å²) < 4.78 is 45.6. The molecule has 1 aromatic carbocycles. The quantitative estimate of drug-likeness (QED) is 0.585. The van der Waals surface area contributed by atoms with E-state index in [1.807, 2.05) is 44.2 Å². The lowest BCUT2D eigenvalue weighted by Crippen LogP contribution is -2.33. The standard InChI is InChI=1S/C19H22F3N5O/c1-13(2)9-10-27-17(23-24-18(27)26(3)12-19(20,21)22)15-11-16(28-25-15)14-7-5-4-6-8-14/h4-8,11,13H,9-10,12H2,1-3H3. The average Bonchev–Trinajstić information content (AvgIpc) is 3.26. The number of anilines is 1. The maximum Gasteiger partial charge on any atom is 0.406 e. The molecule has 0 aliphatic carbocycles. The monoisotopic (exact) mass is 393 g/mol. The minimum Gasteiger partial charge on any atom is -0.356 e. The molecule has 3 aromatic rings. The molecule has 0 N–H and O–H groups in total. The maximum absolute atomic E-state index is 12.8. The minimum absolute atomic E-state index is 0.150. The lowest BCUT2D eigenvalue weighted by atomic mass is 10.1. The first kappa shape index (κ1) is 19.9. The van der Waals surface area contributed by atoms with E-state index in [4.69, 9.17) is 4.52 Å². The Morgan fingerprint density at radius 3 is 2.50 bits per heavy atom. The van der Waals surface area contributed by atoms with Crippen molar-refractivity contribution in [3.63, 3.8) is 0 Å². The van der Waals surface area contributed by atoms with Crippen molar-refractivity contribution in [2.75, 3.05) is 18.5 Å². The number of halogens is 3. The fourth-order valence-electron chi connectivity index (χ4n) is 2.82. The predicted molar refractivity (Wildman–Crippen MR) is 99.7 cm³/mol. The summed E-state index contributed by atoms with van der Waals surface area (Å²) in [6.45, 7) is 3.46. The molecule has 28 heavy (non-hydrogen) atoms. The van der Waals surface area contributed by atoms with E-state index >= 15 is 0 Å². The maximum atomic E-state index is 12.8. The van der Waals surface area contributed by atoms with Gasteiger partial charge in [0.15, 0.2) is 17.3 Å². The summed E-state index contributed by atoms with van der Waals surface area (Å²) in [4.78, 5) is 1.05. The highest BCUT2D eigenvalue weighted by Crippen LogP contribution is 2.28. The fraction of sp³-hybridized carbons (Fsp3) is 0.421. The van der Waals surface area contributed by atoms with Gasteiger partial charge in [0.05, 0.1) is 0 Å². The second-order valence-corrected chi connectivity index (χ2v) is 7.07. The van der Waals surface area contributed by atoms with Crippen LogP contribution in [-0.2, 0) is 6.54 Å². The predicted octanol–water partition coefficient (Wildman–Crippen LogP) is 4.64. The molecule has 3 rings (SSSR count). The zero-order valence-corrected chi connectivity index (χ0v) is 15.9. The smallest absolute Gasteiger partial charge is 0.356 e. The summed E-state index contributed by atoms with van der Waals surface area (Å²) in [6.07, 6.45) is -3.57. The molecular weight excluding hydrogens is 371 g/mol. The van der Waals surface area contributed by atoms with Gasteiger partial charge in [-0.15, -0.1) is 10.2 Å². The highest BCUT2D eigenvalue weighted by Gasteiger charge is 2.32. The van der Waals surface area contributed by atoms with Crippen LogP contribution in [0.2, 0.25) is 0 Å². The van der Waals surface area contributed by atoms with Crippen molar-refractivity contribution in [3.05, 3.63) is 36.4 Å². The lowest BCUT2D eigenvalue weighted by Gasteiger charge is -2.21. The van der Waals surface area contributed by atoms with Gasteiger partial charge >= 0.3 is 6.18 Å². The molecule has 0 atom stereocenters. The van der Waals surface area contributed by atoms with Crippen LogP contribution >= 0.6 is 0 Å². The van der Waals surface area contributed by atoms with Gasteiger partial charge in [0, 0.05) is 25.2 Å². The summed E-state index contributed by atoms with van der Waals surface area (Å²) in [5, 5.41) is 12.2. The normalized spacial score (nSPS) is 12.0. The van der Waals surface area contributed by atoms with Gasteiger partial charge in [-0.25, -0.2) is 0 Å². The Labute approximate surface area is 161 Å². The van der Waals surface area contributed by atoms with Crippen LogP contribution in [0.15, 0.2) is 40.9 Å². The van der Waals surface area contributed by atoms with Gasteiger partial charge in [-0.3, -0.25) is 4.57 Å². The molecule has 9 heteroatoms. The zero-order chi connectivity index (χ0) is 20.3. The topological polar surface area (TPSA) is 60.0 Å². The molecule has 0 amide bonds. The van der Waals surface area contributed by atoms with E-state index in [1.54, 1.807) is 10.6 Å². The number of aromatic nitrogens is 4. The number of hydrogen-bond donors (Lipinski definition) is 0. The van der Waals surface area contributed by atoms with Crippen LogP contribution < -0.4 is 4.90 Å². The summed E-state index contributed by atoms with van der Waals surface area (Å²) in [7, 11) is 1.35. The first-order valence-electron chi connectivity index (χ1n) is 8.98. The third-order valence-corrected chi connectivity index (χ3v) is 4.22. The van der Waals surface area contributed by atoms with Crippen molar-refractivity contribution in [1.29, 1.82) is 0 Å². The Kier molecular flexibility index (Phi) is 5.71. The molecule has 0 saturated heterocycles. The van der Waals surface area contributed by atoms with Crippen molar-refractivity contribution in [2.24, 2.45) is 5.92 Å². The minimum atomic E-state index is -4.34. The van der Waals surface area contributed by atoms with Crippen molar-refractivity contribution >= 4 is 5.95 Å². The van der Waals surface area contributed by atoms with Crippen LogP contribution in [0.4, 0.5) is 19.1 Å². The Hall–Kier alpha value is -2.84. The van der Waals surface area contributed by atoms with Gasteiger partial charge in [-0.1, -0.05) is 49.3 Å². The molecule has 150 valence electrons. The Morgan fingerprint density at radius 2 is 1.86 bits per heavy atom. The van der Waals surface area contributed by atoms with Crippen LogP contribution in [0.3, 0.4) is 0 Å². The van der Waals surface area contributed by atoms with Gasteiger partial charge in [0.2, 0.25) is 5.95 Å². The molecule has 0 spiro atoms. The molecule has 0 aliphatic heterocycles. The average molecular weight is 393 g/mol. The molecule has 0 radical (unpaired) electrons.